The molecule has 58 valence electrons. The Hall–Kier alpha value is -0.530. The molecule has 1 aliphatic rings. The topological polar surface area (TPSA) is 21.6 Å². The van der Waals surface area contributed by atoms with E-state index in [1.165, 1.54) is 0 Å². The fraction of sp³-hybridized carbons (Fsp3) is 0.875. The van der Waals surface area contributed by atoms with Crippen molar-refractivity contribution in [2.75, 3.05) is 13.2 Å². The van der Waals surface area contributed by atoms with Crippen molar-refractivity contribution in [1.82, 2.24) is 0 Å². The first-order chi connectivity index (χ1) is 4.60. The second-order valence-electron chi connectivity index (χ2n) is 3.60. The van der Waals surface area contributed by atoms with Crippen molar-refractivity contribution in [2.24, 2.45) is 10.4 Å². The normalized spacial score (nSPS) is 24.5. The van der Waals surface area contributed by atoms with Crippen molar-refractivity contribution in [1.29, 1.82) is 0 Å². The summed E-state index contributed by atoms with van der Waals surface area (Å²) in [5.74, 6) is 0.838. The molecular weight excluding hydrogens is 126 g/mol. The maximum Gasteiger partial charge on any atom is 0.179 e. The second kappa shape index (κ2) is 2.60. The highest BCUT2D eigenvalue weighted by atomic mass is 16.5. The molecule has 0 spiro atoms. The molecule has 0 amide bonds. The van der Waals surface area contributed by atoms with Gasteiger partial charge in [0, 0.05) is 18.9 Å². The predicted molar refractivity (Wildman–Crippen MR) is 42.3 cm³/mol. The average Bonchev–Trinajstić information content (AvgIpc) is 1.94. The van der Waals surface area contributed by atoms with Gasteiger partial charge in [0.05, 0.1) is 6.61 Å². The van der Waals surface area contributed by atoms with E-state index >= 15 is 0 Å². The Kier molecular flexibility index (Phi) is 1.97. The van der Waals surface area contributed by atoms with Gasteiger partial charge in [-0.1, -0.05) is 13.8 Å². The summed E-state index contributed by atoms with van der Waals surface area (Å²) in [5.41, 5.74) is 0.307. The number of rotatable bonds is 0. The van der Waals surface area contributed by atoms with E-state index < -0.39 is 0 Å². The molecule has 2 heteroatoms. The predicted octanol–water partition coefficient (Wildman–Crippen LogP) is 1.85. The number of aliphatic imine (C=N–C) groups is 1. The number of hydrogen-bond donors (Lipinski definition) is 0. The minimum Gasteiger partial charge on any atom is -0.481 e. The van der Waals surface area contributed by atoms with Crippen LogP contribution in [0.1, 0.15) is 27.2 Å². The van der Waals surface area contributed by atoms with Crippen LogP contribution < -0.4 is 0 Å². The Bertz CT molecular complexity index is 149. The smallest absolute Gasteiger partial charge is 0.179 e. The largest absolute Gasteiger partial charge is 0.481 e. The number of hydrogen-bond acceptors (Lipinski definition) is 2. The number of nitrogens with zero attached hydrogens (tertiary/aromatic N) is 1. The molecule has 1 aliphatic heterocycles. The lowest BCUT2D eigenvalue weighted by atomic mass is 9.91. The van der Waals surface area contributed by atoms with Gasteiger partial charge in [0.2, 0.25) is 0 Å². The quantitative estimate of drug-likeness (QED) is 0.504. The Morgan fingerprint density at radius 3 is 2.90 bits per heavy atom. The third-order valence-electron chi connectivity index (χ3n) is 1.79. The molecule has 1 heterocycles. The summed E-state index contributed by atoms with van der Waals surface area (Å²) in [4.78, 5) is 4.21. The molecule has 0 saturated heterocycles. The van der Waals surface area contributed by atoms with E-state index in [0.29, 0.717) is 5.41 Å². The van der Waals surface area contributed by atoms with Gasteiger partial charge in [0.15, 0.2) is 5.90 Å². The zero-order valence-electron chi connectivity index (χ0n) is 6.98. The third-order valence-corrected chi connectivity index (χ3v) is 1.79. The first-order valence-corrected chi connectivity index (χ1v) is 3.74. The molecule has 0 saturated carbocycles. The molecule has 0 bridgehead atoms. The molecule has 0 aliphatic carbocycles. The van der Waals surface area contributed by atoms with Gasteiger partial charge in [-0.2, -0.15) is 0 Å². The standard InChI is InChI=1S/C8H15NO/c1-7-9-5-4-8(2,3)6-10-7/h4-6H2,1-3H3. The van der Waals surface area contributed by atoms with Gasteiger partial charge in [0.1, 0.15) is 0 Å². The summed E-state index contributed by atoms with van der Waals surface area (Å²) >= 11 is 0. The first kappa shape index (κ1) is 7.58. The molecule has 0 aromatic carbocycles. The zero-order chi connectivity index (χ0) is 7.61. The highest BCUT2D eigenvalue weighted by molar-refractivity contribution is 5.73. The van der Waals surface area contributed by atoms with Crippen molar-refractivity contribution in [3.63, 3.8) is 0 Å². The van der Waals surface area contributed by atoms with Gasteiger partial charge in [-0.15, -0.1) is 0 Å². The summed E-state index contributed by atoms with van der Waals surface area (Å²) in [6.45, 7) is 8.06. The van der Waals surface area contributed by atoms with Gasteiger partial charge < -0.3 is 4.74 Å². The fourth-order valence-electron chi connectivity index (χ4n) is 0.934. The summed E-state index contributed by atoms with van der Waals surface area (Å²) in [5, 5.41) is 0. The average molecular weight is 141 g/mol. The molecule has 2 nitrogen and oxygen atoms in total. The Labute approximate surface area is 62.3 Å². The van der Waals surface area contributed by atoms with Crippen LogP contribution in [0.25, 0.3) is 0 Å². The van der Waals surface area contributed by atoms with E-state index in [4.69, 9.17) is 4.74 Å². The van der Waals surface area contributed by atoms with Crippen LogP contribution in [-0.2, 0) is 4.74 Å². The molecule has 0 aromatic heterocycles. The zero-order valence-corrected chi connectivity index (χ0v) is 6.98. The Balaban J connectivity index is 2.52. The fourth-order valence-corrected chi connectivity index (χ4v) is 0.934. The lowest BCUT2D eigenvalue weighted by Gasteiger charge is -2.20. The van der Waals surface area contributed by atoms with E-state index in [-0.39, 0.29) is 0 Å². The highest BCUT2D eigenvalue weighted by Gasteiger charge is 2.20. The van der Waals surface area contributed by atoms with Crippen LogP contribution in [0.5, 0.6) is 0 Å². The van der Waals surface area contributed by atoms with Crippen LogP contribution in [0.3, 0.4) is 0 Å². The SMILES string of the molecule is CC1=NCCC(C)(C)CO1. The number of ether oxygens (including phenoxy) is 1. The van der Waals surface area contributed by atoms with Gasteiger partial charge in [-0.05, 0) is 6.42 Å². The van der Waals surface area contributed by atoms with Crippen molar-refractivity contribution >= 4 is 5.90 Å². The van der Waals surface area contributed by atoms with Crippen molar-refractivity contribution < 1.29 is 4.74 Å². The molecule has 0 atom stereocenters. The highest BCUT2D eigenvalue weighted by Crippen LogP contribution is 2.22. The molecule has 0 unspecified atom stereocenters. The van der Waals surface area contributed by atoms with Crippen LogP contribution >= 0.6 is 0 Å². The van der Waals surface area contributed by atoms with E-state index in [1.54, 1.807) is 0 Å². The minimum absolute atomic E-state index is 0.307. The van der Waals surface area contributed by atoms with Crippen molar-refractivity contribution in [3.8, 4) is 0 Å². The van der Waals surface area contributed by atoms with Gasteiger partial charge in [-0.25, -0.2) is 0 Å². The molecule has 0 radical (unpaired) electrons. The second-order valence-corrected chi connectivity index (χ2v) is 3.60. The van der Waals surface area contributed by atoms with Crippen LogP contribution in [0.4, 0.5) is 0 Å². The van der Waals surface area contributed by atoms with E-state index in [2.05, 4.69) is 18.8 Å². The van der Waals surface area contributed by atoms with Crippen LogP contribution in [0.15, 0.2) is 4.99 Å². The van der Waals surface area contributed by atoms with E-state index in [1.807, 2.05) is 6.92 Å². The molecular formula is C8H15NO. The maximum absolute atomic E-state index is 5.37. The molecule has 0 fully saturated rings. The molecule has 0 N–H and O–H groups in total. The van der Waals surface area contributed by atoms with Gasteiger partial charge >= 0.3 is 0 Å². The summed E-state index contributed by atoms with van der Waals surface area (Å²) in [6, 6.07) is 0. The van der Waals surface area contributed by atoms with Crippen molar-refractivity contribution in [3.05, 3.63) is 0 Å². The van der Waals surface area contributed by atoms with Gasteiger partial charge in [0.25, 0.3) is 0 Å². The lowest BCUT2D eigenvalue weighted by Crippen LogP contribution is -2.18. The molecule has 10 heavy (non-hydrogen) atoms. The monoisotopic (exact) mass is 141 g/mol. The molecule has 0 aromatic rings. The van der Waals surface area contributed by atoms with Crippen LogP contribution in [0.2, 0.25) is 0 Å². The molecule has 1 rings (SSSR count). The van der Waals surface area contributed by atoms with Gasteiger partial charge in [-0.3, -0.25) is 4.99 Å². The summed E-state index contributed by atoms with van der Waals surface area (Å²) in [7, 11) is 0. The first-order valence-electron chi connectivity index (χ1n) is 3.74. The lowest BCUT2D eigenvalue weighted by molar-refractivity contribution is 0.172. The minimum atomic E-state index is 0.307. The van der Waals surface area contributed by atoms with E-state index in [0.717, 1.165) is 25.5 Å². The third kappa shape index (κ3) is 2.01. The van der Waals surface area contributed by atoms with E-state index in [9.17, 15) is 0 Å². The Morgan fingerprint density at radius 2 is 2.20 bits per heavy atom. The van der Waals surface area contributed by atoms with Crippen LogP contribution in [0, 0.1) is 5.41 Å². The Morgan fingerprint density at radius 1 is 1.50 bits per heavy atom. The van der Waals surface area contributed by atoms with Crippen LogP contribution in [-0.4, -0.2) is 19.0 Å². The maximum atomic E-state index is 5.37. The summed E-state index contributed by atoms with van der Waals surface area (Å²) < 4.78 is 5.37. The summed E-state index contributed by atoms with van der Waals surface area (Å²) in [6.07, 6.45) is 1.13. The van der Waals surface area contributed by atoms with Crippen molar-refractivity contribution in [2.45, 2.75) is 27.2 Å².